The van der Waals surface area contributed by atoms with E-state index in [0.29, 0.717) is 12.1 Å². The number of nitrogens with one attached hydrogen (secondary N) is 1. The first kappa shape index (κ1) is 15.6. The van der Waals surface area contributed by atoms with E-state index in [1.165, 1.54) is 0 Å². The van der Waals surface area contributed by atoms with Crippen molar-refractivity contribution in [2.75, 3.05) is 13.7 Å². The van der Waals surface area contributed by atoms with Crippen LogP contribution in [0.5, 0.6) is 5.75 Å². The number of halogens is 1. The van der Waals surface area contributed by atoms with Crippen LogP contribution in [0.3, 0.4) is 0 Å². The third-order valence-electron chi connectivity index (χ3n) is 3.20. The zero-order valence-electron chi connectivity index (χ0n) is 12.1. The van der Waals surface area contributed by atoms with Crippen molar-refractivity contribution in [2.45, 2.75) is 19.9 Å². The van der Waals surface area contributed by atoms with Crippen molar-refractivity contribution in [3.05, 3.63) is 46.2 Å². The molecule has 0 saturated carbocycles. The number of aromatic nitrogens is 2. The molecule has 0 bridgehead atoms. The van der Waals surface area contributed by atoms with Crippen LogP contribution in [0.1, 0.15) is 22.3 Å². The number of nitrogens with zero attached hydrogens (tertiary/aromatic N) is 2. The van der Waals surface area contributed by atoms with E-state index in [2.05, 4.69) is 26.3 Å². The normalized spacial score (nSPS) is 10.4. The molecule has 0 saturated heterocycles. The zero-order valence-corrected chi connectivity index (χ0v) is 13.7. The van der Waals surface area contributed by atoms with Gasteiger partial charge in [0.2, 0.25) is 0 Å². The summed E-state index contributed by atoms with van der Waals surface area (Å²) >= 11 is 3.35. The molecular weight excluding hydrogens is 334 g/mol. The van der Waals surface area contributed by atoms with Gasteiger partial charge in [0.15, 0.2) is 0 Å². The van der Waals surface area contributed by atoms with Crippen LogP contribution in [-0.4, -0.2) is 29.3 Å². The highest BCUT2D eigenvalue weighted by molar-refractivity contribution is 9.10. The van der Waals surface area contributed by atoms with Crippen LogP contribution in [0.4, 0.5) is 0 Å². The summed E-state index contributed by atoms with van der Waals surface area (Å²) in [5.41, 5.74) is 1.50. The molecule has 1 aromatic heterocycles. The lowest BCUT2D eigenvalue weighted by Crippen LogP contribution is -2.26. The van der Waals surface area contributed by atoms with Gasteiger partial charge in [0, 0.05) is 30.4 Å². The Bertz CT molecular complexity index is 625. The molecule has 1 heterocycles. The first-order valence-corrected chi connectivity index (χ1v) is 7.51. The average Bonchev–Trinajstić information content (AvgIpc) is 2.89. The van der Waals surface area contributed by atoms with Gasteiger partial charge < -0.3 is 10.1 Å². The number of carbonyl (C=O) groups excluding carboxylic acids is 1. The molecular formula is C15H18BrN3O2. The highest BCUT2D eigenvalue weighted by atomic mass is 79.9. The van der Waals surface area contributed by atoms with Crippen LogP contribution >= 0.6 is 15.9 Å². The molecule has 0 aliphatic heterocycles. The molecule has 0 unspecified atom stereocenters. The third-order valence-corrected chi connectivity index (χ3v) is 3.61. The van der Waals surface area contributed by atoms with Gasteiger partial charge in [-0.15, -0.1) is 0 Å². The van der Waals surface area contributed by atoms with Crippen LogP contribution in [0.25, 0.3) is 0 Å². The minimum absolute atomic E-state index is 0.0759. The lowest BCUT2D eigenvalue weighted by molar-refractivity contribution is 0.0951. The van der Waals surface area contributed by atoms with E-state index in [0.717, 1.165) is 28.8 Å². The Labute approximate surface area is 132 Å². The number of methoxy groups -OCH3 is 1. The van der Waals surface area contributed by atoms with Crippen LogP contribution in [0.2, 0.25) is 0 Å². The molecule has 0 radical (unpaired) electrons. The van der Waals surface area contributed by atoms with Gasteiger partial charge >= 0.3 is 0 Å². The highest BCUT2D eigenvalue weighted by Gasteiger charge is 2.11. The monoisotopic (exact) mass is 351 g/mol. The number of aryl methyl sites for hydroxylation is 1. The number of hydrogen-bond donors (Lipinski definition) is 1. The van der Waals surface area contributed by atoms with Crippen molar-refractivity contribution >= 4 is 21.8 Å². The molecule has 1 amide bonds. The van der Waals surface area contributed by atoms with Gasteiger partial charge in [0.1, 0.15) is 5.75 Å². The summed E-state index contributed by atoms with van der Waals surface area (Å²) in [5.74, 6) is 0.650. The van der Waals surface area contributed by atoms with E-state index in [1.54, 1.807) is 19.4 Å². The summed E-state index contributed by atoms with van der Waals surface area (Å²) in [6, 6.07) is 5.47. The predicted molar refractivity (Wildman–Crippen MR) is 84.6 cm³/mol. The lowest BCUT2D eigenvalue weighted by atomic mass is 10.1. The molecule has 5 nitrogen and oxygen atoms in total. The molecule has 0 aliphatic carbocycles. The predicted octanol–water partition coefficient (Wildman–Crippen LogP) is 2.78. The summed E-state index contributed by atoms with van der Waals surface area (Å²) in [7, 11) is 1.60. The zero-order chi connectivity index (χ0) is 15.2. The van der Waals surface area contributed by atoms with Gasteiger partial charge in [0.05, 0.1) is 17.8 Å². The number of hydrogen-bond acceptors (Lipinski definition) is 3. The van der Waals surface area contributed by atoms with Gasteiger partial charge in [-0.2, -0.15) is 5.10 Å². The van der Waals surface area contributed by atoms with Crippen molar-refractivity contribution in [3.63, 3.8) is 0 Å². The van der Waals surface area contributed by atoms with E-state index >= 15 is 0 Å². The molecule has 2 rings (SSSR count). The second-order valence-electron chi connectivity index (χ2n) is 4.66. The first-order valence-electron chi connectivity index (χ1n) is 6.71. The maximum Gasteiger partial charge on any atom is 0.251 e. The van der Waals surface area contributed by atoms with Gasteiger partial charge in [-0.25, -0.2) is 0 Å². The van der Waals surface area contributed by atoms with Crippen LogP contribution < -0.4 is 10.1 Å². The maximum absolute atomic E-state index is 12.2. The second-order valence-corrected chi connectivity index (χ2v) is 5.58. The molecule has 112 valence electrons. The van der Waals surface area contributed by atoms with E-state index < -0.39 is 0 Å². The van der Waals surface area contributed by atoms with Gasteiger partial charge in [-0.3, -0.25) is 9.48 Å². The number of benzene rings is 1. The topological polar surface area (TPSA) is 56.1 Å². The number of ether oxygens (including phenoxy) is 1. The smallest absolute Gasteiger partial charge is 0.251 e. The molecule has 0 atom stereocenters. The number of amides is 1. The molecule has 0 fully saturated rings. The summed E-state index contributed by atoms with van der Waals surface area (Å²) in [6.07, 6.45) is 4.48. The molecule has 2 aromatic rings. The summed E-state index contributed by atoms with van der Waals surface area (Å²) in [4.78, 5) is 12.2. The molecule has 0 aliphatic rings. The SMILES string of the molecule is COc1cccc(C(=O)NCCCn2cc(Br)cn2)c1C. The fraction of sp³-hybridized carbons (Fsp3) is 0.333. The molecule has 21 heavy (non-hydrogen) atoms. The van der Waals surface area contributed by atoms with Crippen molar-refractivity contribution in [2.24, 2.45) is 0 Å². The number of carbonyl (C=O) groups is 1. The minimum atomic E-state index is -0.0759. The standard InChI is InChI=1S/C15H18BrN3O2/c1-11-13(5-3-6-14(11)21-2)15(20)17-7-4-8-19-10-12(16)9-18-19/h3,5-6,9-10H,4,7-8H2,1-2H3,(H,17,20). The highest BCUT2D eigenvalue weighted by Crippen LogP contribution is 2.20. The van der Waals surface area contributed by atoms with Gasteiger partial charge in [-0.1, -0.05) is 6.07 Å². The van der Waals surface area contributed by atoms with Crippen molar-refractivity contribution in [1.29, 1.82) is 0 Å². The molecule has 6 heteroatoms. The van der Waals surface area contributed by atoms with E-state index in [9.17, 15) is 4.79 Å². The average molecular weight is 352 g/mol. The van der Waals surface area contributed by atoms with Gasteiger partial charge in [-0.05, 0) is 41.4 Å². The Morgan fingerprint density at radius 2 is 2.29 bits per heavy atom. The van der Waals surface area contributed by atoms with Gasteiger partial charge in [0.25, 0.3) is 5.91 Å². The molecule has 1 N–H and O–H groups in total. The maximum atomic E-state index is 12.2. The molecule has 0 spiro atoms. The number of rotatable bonds is 6. The summed E-state index contributed by atoms with van der Waals surface area (Å²) in [6.45, 7) is 3.25. The third kappa shape index (κ3) is 4.07. The van der Waals surface area contributed by atoms with Crippen LogP contribution in [0, 0.1) is 6.92 Å². The Morgan fingerprint density at radius 3 is 2.95 bits per heavy atom. The molecule has 1 aromatic carbocycles. The van der Waals surface area contributed by atoms with Crippen molar-refractivity contribution < 1.29 is 9.53 Å². The minimum Gasteiger partial charge on any atom is -0.496 e. The largest absolute Gasteiger partial charge is 0.496 e. The van der Waals surface area contributed by atoms with Crippen LogP contribution in [0.15, 0.2) is 35.1 Å². The van der Waals surface area contributed by atoms with Crippen LogP contribution in [-0.2, 0) is 6.54 Å². The van der Waals surface area contributed by atoms with Crippen molar-refractivity contribution in [3.8, 4) is 5.75 Å². The fourth-order valence-electron chi connectivity index (χ4n) is 2.08. The van der Waals surface area contributed by atoms with Crippen molar-refractivity contribution in [1.82, 2.24) is 15.1 Å². The van der Waals surface area contributed by atoms with E-state index in [-0.39, 0.29) is 5.91 Å². The summed E-state index contributed by atoms with van der Waals surface area (Å²) < 4.78 is 8.02. The lowest BCUT2D eigenvalue weighted by Gasteiger charge is -2.10. The first-order chi connectivity index (χ1) is 10.1. The Balaban J connectivity index is 1.84. The Kier molecular flexibility index (Phi) is 5.38. The Hall–Kier alpha value is -1.82. The second kappa shape index (κ2) is 7.26. The summed E-state index contributed by atoms with van der Waals surface area (Å²) in [5, 5.41) is 7.09. The van der Waals surface area contributed by atoms with E-state index in [1.807, 2.05) is 29.9 Å². The fourth-order valence-corrected chi connectivity index (χ4v) is 2.41. The van der Waals surface area contributed by atoms with E-state index in [4.69, 9.17) is 4.74 Å². The quantitative estimate of drug-likeness (QED) is 0.814. The Morgan fingerprint density at radius 1 is 1.48 bits per heavy atom.